The van der Waals surface area contributed by atoms with E-state index in [1.54, 1.807) is 6.07 Å². The van der Waals surface area contributed by atoms with Gasteiger partial charge in [0.15, 0.2) is 0 Å². The maximum atomic E-state index is 10.6. The molecule has 1 N–H and O–H groups in total. The number of phenols is 1. The highest BCUT2D eigenvalue weighted by molar-refractivity contribution is 5.67. The van der Waals surface area contributed by atoms with Crippen molar-refractivity contribution in [1.29, 1.82) is 0 Å². The summed E-state index contributed by atoms with van der Waals surface area (Å²) in [5, 5.41) is 29.0. The smallest absolute Gasteiger partial charge is 0.269 e. The van der Waals surface area contributed by atoms with Gasteiger partial charge in [0.05, 0.1) is 10.6 Å². The Balaban J connectivity index is 1.86. The number of aromatic hydroxyl groups is 1. The molecule has 0 radical (unpaired) electrons. The number of anilines is 1. The van der Waals surface area contributed by atoms with Crippen molar-refractivity contribution in [2.24, 2.45) is 10.2 Å². The maximum absolute atomic E-state index is 10.6. The lowest BCUT2D eigenvalue weighted by Gasteiger charge is -2.30. The first-order valence-electron chi connectivity index (χ1n) is 7.85. The molecule has 1 aliphatic rings. The van der Waals surface area contributed by atoms with Crippen LogP contribution in [0.5, 0.6) is 5.75 Å². The number of hydrogen-bond donors (Lipinski definition) is 1. The first-order chi connectivity index (χ1) is 11.6. The molecule has 7 heteroatoms. The highest BCUT2D eigenvalue weighted by Gasteiger charge is 2.18. The minimum absolute atomic E-state index is 0.00485. The Hall–Kier alpha value is -2.96. The molecule has 0 saturated carbocycles. The molecule has 0 spiro atoms. The molecule has 0 aromatic heterocycles. The molecule has 0 saturated heterocycles. The molecule has 24 heavy (non-hydrogen) atoms. The van der Waals surface area contributed by atoms with Crippen LogP contribution in [0.25, 0.3) is 0 Å². The third kappa shape index (κ3) is 3.19. The van der Waals surface area contributed by atoms with E-state index in [0.717, 1.165) is 37.2 Å². The van der Waals surface area contributed by atoms with Gasteiger partial charge in [-0.2, -0.15) is 5.11 Å². The molecule has 2 aromatic rings. The topological polar surface area (TPSA) is 91.3 Å². The van der Waals surface area contributed by atoms with Crippen LogP contribution in [-0.2, 0) is 6.42 Å². The summed E-state index contributed by atoms with van der Waals surface area (Å²) in [7, 11) is 0. The van der Waals surface area contributed by atoms with Gasteiger partial charge in [-0.3, -0.25) is 10.1 Å². The van der Waals surface area contributed by atoms with Crippen molar-refractivity contribution < 1.29 is 10.0 Å². The van der Waals surface area contributed by atoms with Gasteiger partial charge in [0.2, 0.25) is 0 Å². The Morgan fingerprint density at radius 1 is 1.25 bits per heavy atom. The van der Waals surface area contributed by atoms with Crippen molar-refractivity contribution in [2.75, 3.05) is 18.0 Å². The van der Waals surface area contributed by atoms with Crippen LogP contribution in [0, 0.1) is 10.1 Å². The van der Waals surface area contributed by atoms with Crippen LogP contribution in [0.1, 0.15) is 18.9 Å². The van der Waals surface area contributed by atoms with Crippen molar-refractivity contribution in [3.63, 3.8) is 0 Å². The van der Waals surface area contributed by atoms with Crippen LogP contribution in [0.2, 0.25) is 0 Å². The van der Waals surface area contributed by atoms with Crippen molar-refractivity contribution in [1.82, 2.24) is 0 Å². The summed E-state index contributed by atoms with van der Waals surface area (Å²) in [5.41, 5.74) is 3.11. The van der Waals surface area contributed by atoms with E-state index in [1.165, 1.54) is 24.3 Å². The van der Waals surface area contributed by atoms with E-state index in [9.17, 15) is 15.2 Å². The van der Waals surface area contributed by atoms with Gasteiger partial charge >= 0.3 is 0 Å². The van der Waals surface area contributed by atoms with Crippen LogP contribution in [0.15, 0.2) is 46.6 Å². The average Bonchev–Trinajstić information content (AvgIpc) is 2.59. The number of nitrogens with zero attached hydrogens (tertiary/aromatic N) is 4. The zero-order valence-corrected chi connectivity index (χ0v) is 13.3. The second kappa shape index (κ2) is 6.66. The third-order valence-corrected chi connectivity index (χ3v) is 4.11. The summed E-state index contributed by atoms with van der Waals surface area (Å²) >= 11 is 0. The van der Waals surface area contributed by atoms with Crippen molar-refractivity contribution >= 4 is 22.7 Å². The summed E-state index contributed by atoms with van der Waals surface area (Å²) in [6.07, 6.45) is 2.02. The zero-order valence-electron chi connectivity index (χ0n) is 13.3. The number of hydrogen-bond acceptors (Lipinski definition) is 6. The lowest BCUT2D eigenvalue weighted by Crippen LogP contribution is -2.28. The fourth-order valence-corrected chi connectivity index (χ4v) is 2.85. The molecular formula is C17H18N4O3. The largest absolute Gasteiger partial charge is 0.506 e. The maximum Gasteiger partial charge on any atom is 0.269 e. The van der Waals surface area contributed by atoms with E-state index in [2.05, 4.69) is 22.1 Å². The standard InChI is InChI=1S/C17H18N4O3/c1-2-20-9-3-4-12-10-15(17(22)11-16(12)20)19-18-13-5-7-14(8-6-13)21(23)24/h5-8,10-11,22H,2-4,9H2,1H3. The molecule has 3 rings (SSSR count). The Morgan fingerprint density at radius 2 is 2.00 bits per heavy atom. The van der Waals surface area contributed by atoms with Gasteiger partial charge in [-0.1, -0.05) is 0 Å². The second-order valence-electron chi connectivity index (χ2n) is 5.63. The Labute approximate surface area is 139 Å². The molecule has 0 bridgehead atoms. The normalized spacial score (nSPS) is 14.0. The molecule has 0 unspecified atom stereocenters. The Morgan fingerprint density at radius 3 is 2.67 bits per heavy atom. The van der Waals surface area contributed by atoms with Crippen LogP contribution in [-0.4, -0.2) is 23.1 Å². The number of rotatable bonds is 4. The molecule has 7 nitrogen and oxygen atoms in total. The number of nitro groups is 1. The van der Waals surface area contributed by atoms with Crippen LogP contribution >= 0.6 is 0 Å². The molecule has 1 heterocycles. The predicted octanol–water partition coefficient (Wildman–Crippen LogP) is 4.49. The highest BCUT2D eigenvalue weighted by atomic mass is 16.6. The quantitative estimate of drug-likeness (QED) is 0.509. The van der Waals surface area contributed by atoms with Crippen LogP contribution in [0.4, 0.5) is 22.7 Å². The zero-order chi connectivity index (χ0) is 17.1. The SMILES string of the molecule is CCN1CCCc2cc(N=Nc3ccc([N+](=O)[O-])cc3)c(O)cc21. The Bertz CT molecular complexity index is 787. The number of aryl methyl sites for hydroxylation is 1. The van der Waals surface area contributed by atoms with Gasteiger partial charge in [-0.05, 0) is 43.5 Å². The van der Waals surface area contributed by atoms with E-state index < -0.39 is 4.92 Å². The van der Waals surface area contributed by atoms with Gasteiger partial charge < -0.3 is 10.0 Å². The van der Waals surface area contributed by atoms with E-state index >= 15 is 0 Å². The summed E-state index contributed by atoms with van der Waals surface area (Å²) in [6, 6.07) is 9.40. The summed E-state index contributed by atoms with van der Waals surface area (Å²) in [5.74, 6) is 0.0831. The van der Waals surface area contributed by atoms with Crippen molar-refractivity contribution in [3.05, 3.63) is 52.1 Å². The number of phenolic OH excluding ortho intramolecular Hbond substituents is 1. The number of fused-ring (bicyclic) bond motifs is 1. The lowest BCUT2D eigenvalue weighted by atomic mass is 10.0. The summed E-state index contributed by atoms with van der Waals surface area (Å²) in [6.45, 7) is 3.98. The molecular weight excluding hydrogens is 308 g/mol. The highest BCUT2D eigenvalue weighted by Crippen LogP contribution is 2.38. The van der Waals surface area contributed by atoms with E-state index in [-0.39, 0.29) is 11.4 Å². The van der Waals surface area contributed by atoms with E-state index in [1.807, 2.05) is 6.07 Å². The summed E-state index contributed by atoms with van der Waals surface area (Å²) in [4.78, 5) is 12.4. The van der Waals surface area contributed by atoms with Crippen LogP contribution in [0.3, 0.4) is 0 Å². The summed E-state index contributed by atoms with van der Waals surface area (Å²) < 4.78 is 0. The Kier molecular flexibility index (Phi) is 4.41. The molecule has 1 aliphatic heterocycles. The first kappa shape index (κ1) is 15.9. The fraction of sp³-hybridized carbons (Fsp3) is 0.294. The lowest BCUT2D eigenvalue weighted by molar-refractivity contribution is -0.384. The monoisotopic (exact) mass is 326 g/mol. The molecule has 0 aliphatic carbocycles. The molecule has 0 fully saturated rings. The average molecular weight is 326 g/mol. The van der Waals surface area contributed by atoms with E-state index in [0.29, 0.717) is 11.4 Å². The second-order valence-corrected chi connectivity index (χ2v) is 5.63. The van der Waals surface area contributed by atoms with Gasteiger partial charge in [-0.25, -0.2) is 0 Å². The first-order valence-corrected chi connectivity index (χ1v) is 7.85. The number of azo groups is 1. The minimum Gasteiger partial charge on any atom is -0.506 e. The molecule has 0 amide bonds. The number of nitro benzene ring substituents is 1. The molecule has 124 valence electrons. The van der Waals surface area contributed by atoms with Gasteiger partial charge in [0.25, 0.3) is 5.69 Å². The fourth-order valence-electron chi connectivity index (χ4n) is 2.85. The minimum atomic E-state index is -0.463. The number of non-ortho nitro benzene ring substituents is 1. The van der Waals surface area contributed by atoms with E-state index in [4.69, 9.17) is 0 Å². The van der Waals surface area contributed by atoms with Crippen molar-refractivity contribution in [3.8, 4) is 5.75 Å². The number of benzene rings is 2. The third-order valence-electron chi connectivity index (χ3n) is 4.11. The van der Waals surface area contributed by atoms with Gasteiger partial charge in [0, 0.05) is 37.0 Å². The van der Waals surface area contributed by atoms with Gasteiger partial charge in [0.1, 0.15) is 11.4 Å². The predicted molar refractivity (Wildman–Crippen MR) is 91.6 cm³/mol. The molecule has 2 aromatic carbocycles. The molecule has 0 atom stereocenters. The van der Waals surface area contributed by atoms with Gasteiger partial charge in [-0.15, -0.1) is 5.11 Å². The van der Waals surface area contributed by atoms with Crippen molar-refractivity contribution in [2.45, 2.75) is 19.8 Å². The van der Waals surface area contributed by atoms with Crippen LogP contribution < -0.4 is 4.90 Å².